The largest absolute Gasteiger partial charge is 0.440 e. The fourth-order valence-corrected chi connectivity index (χ4v) is 4.22. The van der Waals surface area contributed by atoms with Crippen LogP contribution in [-0.4, -0.2) is 17.8 Å². The zero-order chi connectivity index (χ0) is 20.7. The lowest BCUT2D eigenvalue weighted by Crippen LogP contribution is -2.37. The summed E-state index contributed by atoms with van der Waals surface area (Å²) < 4.78 is 10.0. The molecule has 1 fully saturated rings. The predicted octanol–water partition coefficient (Wildman–Crippen LogP) is 5.83. The van der Waals surface area contributed by atoms with Crippen molar-refractivity contribution in [1.29, 1.82) is 0 Å². The van der Waals surface area contributed by atoms with Gasteiger partial charge in [-0.2, -0.15) is 0 Å². The van der Waals surface area contributed by atoms with Crippen LogP contribution in [0.1, 0.15) is 71.6 Å². The minimum atomic E-state index is 0.0432. The van der Waals surface area contributed by atoms with E-state index in [1.165, 1.54) is 0 Å². The first-order chi connectivity index (χ1) is 13.0. The molecule has 5 heteroatoms. The van der Waals surface area contributed by atoms with Gasteiger partial charge < -0.3 is 9.32 Å². The molecule has 1 atom stereocenters. The smallest absolute Gasteiger partial charge is 0.200 e. The molecule has 1 aliphatic heterocycles. The van der Waals surface area contributed by atoms with E-state index in [2.05, 4.69) is 57.2 Å². The Kier molecular flexibility index (Phi) is 5.88. The summed E-state index contributed by atoms with van der Waals surface area (Å²) in [5.74, 6) is 0.703. The van der Waals surface area contributed by atoms with Gasteiger partial charge in [0.05, 0.1) is 5.39 Å². The minimum absolute atomic E-state index is 0.0432. The van der Waals surface area contributed by atoms with Crippen molar-refractivity contribution >= 4 is 28.8 Å². The molecule has 2 aromatic rings. The average Bonchev–Trinajstić information content (AvgIpc) is 2.59. The number of piperidine rings is 1. The number of anilines is 1. The molecule has 1 unspecified atom stereocenters. The van der Waals surface area contributed by atoms with Gasteiger partial charge >= 0.3 is 0 Å². The van der Waals surface area contributed by atoms with E-state index in [1.54, 1.807) is 18.0 Å². The standard InChI is InChI=1S/C23H34N2O2S/c1-15-12-17(16(2)24-28-22(3,4)5)21-18(13-15)19(26)14-20(27-21)25-10-8-23(6,7)9-11-25/h12-14,16,24H,8-11H2,1-7H3. The van der Waals surface area contributed by atoms with Gasteiger partial charge in [-0.25, -0.2) is 0 Å². The highest BCUT2D eigenvalue weighted by atomic mass is 32.2. The van der Waals surface area contributed by atoms with Crippen LogP contribution in [0.25, 0.3) is 11.0 Å². The number of nitrogens with zero attached hydrogens (tertiary/aromatic N) is 1. The molecule has 1 N–H and O–H groups in total. The van der Waals surface area contributed by atoms with Gasteiger partial charge in [0.15, 0.2) is 11.3 Å². The third-order valence-corrected chi connectivity index (χ3v) is 6.51. The van der Waals surface area contributed by atoms with Crippen LogP contribution in [0.5, 0.6) is 0 Å². The van der Waals surface area contributed by atoms with Gasteiger partial charge in [0.2, 0.25) is 0 Å². The summed E-state index contributed by atoms with van der Waals surface area (Å²) in [7, 11) is 0. The average molecular weight is 403 g/mol. The van der Waals surface area contributed by atoms with Crippen molar-refractivity contribution < 1.29 is 4.42 Å². The van der Waals surface area contributed by atoms with Crippen LogP contribution in [0.4, 0.5) is 5.88 Å². The number of hydrogen-bond acceptors (Lipinski definition) is 5. The van der Waals surface area contributed by atoms with E-state index in [0.717, 1.165) is 37.1 Å². The molecule has 0 spiro atoms. The topological polar surface area (TPSA) is 45.5 Å². The van der Waals surface area contributed by atoms with E-state index >= 15 is 0 Å². The number of rotatable bonds is 4. The van der Waals surface area contributed by atoms with Gasteiger partial charge in [-0.1, -0.05) is 31.9 Å². The second kappa shape index (κ2) is 7.75. The molecule has 0 aliphatic carbocycles. The normalized spacial score (nSPS) is 18.5. The molecule has 4 nitrogen and oxygen atoms in total. The molecule has 0 amide bonds. The molecule has 154 valence electrons. The van der Waals surface area contributed by atoms with Crippen molar-refractivity contribution in [1.82, 2.24) is 4.72 Å². The lowest BCUT2D eigenvalue weighted by Gasteiger charge is -2.37. The van der Waals surface area contributed by atoms with E-state index in [0.29, 0.717) is 22.3 Å². The first-order valence-corrected chi connectivity index (χ1v) is 11.0. The molecule has 3 rings (SSSR count). The Hall–Kier alpha value is -1.46. The maximum absolute atomic E-state index is 12.9. The Morgan fingerprint density at radius 3 is 2.43 bits per heavy atom. The van der Waals surface area contributed by atoms with Crippen molar-refractivity contribution in [2.24, 2.45) is 5.41 Å². The highest BCUT2D eigenvalue weighted by Gasteiger charge is 2.27. The molecule has 1 saturated heterocycles. The maximum atomic E-state index is 12.9. The van der Waals surface area contributed by atoms with E-state index in [1.807, 2.05) is 13.0 Å². The van der Waals surface area contributed by atoms with E-state index in [9.17, 15) is 4.79 Å². The first-order valence-electron chi connectivity index (χ1n) is 10.2. The Balaban J connectivity index is 2.00. The van der Waals surface area contributed by atoms with E-state index < -0.39 is 0 Å². The van der Waals surface area contributed by atoms with Gasteiger partial charge in [0.1, 0.15) is 5.58 Å². The molecule has 2 heterocycles. The van der Waals surface area contributed by atoms with Crippen molar-refractivity contribution in [3.8, 4) is 0 Å². The van der Waals surface area contributed by atoms with Crippen LogP contribution in [-0.2, 0) is 0 Å². The van der Waals surface area contributed by atoms with E-state index in [4.69, 9.17) is 4.42 Å². The van der Waals surface area contributed by atoms with Crippen molar-refractivity contribution in [2.45, 2.75) is 72.1 Å². The van der Waals surface area contributed by atoms with Crippen LogP contribution in [0, 0.1) is 12.3 Å². The Labute approximate surface area is 173 Å². The van der Waals surface area contributed by atoms with Crippen LogP contribution in [0.2, 0.25) is 0 Å². The van der Waals surface area contributed by atoms with Crippen LogP contribution in [0.15, 0.2) is 27.4 Å². The molecule has 1 aromatic heterocycles. The lowest BCUT2D eigenvalue weighted by atomic mass is 9.83. The predicted molar refractivity (Wildman–Crippen MR) is 121 cm³/mol. The van der Waals surface area contributed by atoms with Crippen LogP contribution < -0.4 is 15.1 Å². The molecular weight excluding hydrogens is 368 g/mol. The summed E-state index contributed by atoms with van der Waals surface area (Å²) in [6.45, 7) is 17.2. The zero-order valence-electron chi connectivity index (χ0n) is 18.3. The summed E-state index contributed by atoms with van der Waals surface area (Å²) in [4.78, 5) is 15.1. The summed E-state index contributed by atoms with van der Waals surface area (Å²) in [5.41, 5.74) is 3.24. The second-order valence-corrected chi connectivity index (χ2v) is 11.5. The number of benzene rings is 1. The minimum Gasteiger partial charge on any atom is -0.440 e. The fourth-order valence-electron chi connectivity index (χ4n) is 3.56. The molecule has 0 bridgehead atoms. The van der Waals surface area contributed by atoms with Crippen LogP contribution >= 0.6 is 11.9 Å². The summed E-state index contributed by atoms with van der Waals surface area (Å²) in [6, 6.07) is 5.82. The quantitative estimate of drug-likeness (QED) is 0.652. The highest BCUT2D eigenvalue weighted by Crippen LogP contribution is 2.34. The number of aryl methyl sites for hydroxylation is 1. The molecule has 0 radical (unpaired) electrons. The lowest BCUT2D eigenvalue weighted by molar-refractivity contribution is 0.274. The van der Waals surface area contributed by atoms with Gasteiger partial charge in [0, 0.05) is 35.5 Å². The van der Waals surface area contributed by atoms with Gasteiger partial charge in [-0.05, 0) is 64.5 Å². The third-order valence-electron chi connectivity index (χ3n) is 5.43. The Morgan fingerprint density at radius 2 is 1.82 bits per heavy atom. The molecule has 1 aromatic carbocycles. The maximum Gasteiger partial charge on any atom is 0.200 e. The summed E-state index contributed by atoms with van der Waals surface area (Å²) >= 11 is 1.71. The second-order valence-electron chi connectivity index (χ2n) is 9.88. The fraction of sp³-hybridized carbons (Fsp3) is 0.609. The number of hydrogen-bond donors (Lipinski definition) is 1. The zero-order valence-corrected chi connectivity index (χ0v) is 19.1. The number of nitrogens with one attached hydrogen (secondary N) is 1. The first kappa shape index (κ1) is 21.3. The van der Waals surface area contributed by atoms with Crippen LogP contribution in [0.3, 0.4) is 0 Å². The third kappa shape index (κ3) is 4.93. The van der Waals surface area contributed by atoms with Gasteiger partial charge in [0.25, 0.3) is 0 Å². The monoisotopic (exact) mass is 402 g/mol. The van der Waals surface area contributed by atoms with E-state index in [-0.39, 0.29) is 16.2 Å². The highest BCUT2D eigenvalue weighted by molar-refractivity contribution is 7.98. The SMILES string of the molecule is Cc1cc(C(C)NSC(C)(C)C)c2oc(N3CCC(C)(C)CC3)cc(=O)c2c1. The van der Waals surface area contributed by atoms with Crippen molar-refractivity contribution in [3.05, 3.63) is 39.5 Å². The number of fused-ring (bicyclic) bond motifs is 1. The molecule has 0 saturated carbocycles. The van der Waals surface area contributed by atoms with Gasteiger partial charge in [-0.3, -0.25) is 9.52 Å². The van der Waals surface area contributed by atoms with Crippen molar-refractivity contribution in [3.63, 3.8) is 0 Å². The summed E-state index contributed by atoms with van der Waals surface area (Å²) in [5, 5.41) is 0.672. The molecular formula is C23H34N2O2S. The Morgan fingerprint density at radius 1 is 1.18 bits per heavy atom. The molecule has 1 aliphatic rings. The summed E-state index contributed by atoms with van der Waals surface area (Å²) in [6.07, 6.45) is 2.21. The molecule has 28 heavy (non-hydrogen) atoms. The Bertz CT molecular complexity index is 901. The van der Waals surface area contributed by atoms with Crippen molar-refractivity contribution in [2.75, 3.05) is 18.0 Å². The van der Waals surface area contributed by atoms with Gasteiger partial charge in [-0.15, -0.1) is 0 Å².